The maximum atomic E-state index is 6.85. The molecule has 0 aliphatic rings. The second-order valence-electron chi connectivity index (χ2n) is 13.2. The normalized spacial score (nSPS) is 11.4. The van der Waals surface area contributed by atoms with Crippen molar-refractivity contribution in [2.24, 2.45) is 0 Å². The molecule has 4 heteroatoms. The molecule has 0 unspecified atom stereocenters. The van der Waals surface area contributed by atoms with E-state index in [9.17, 15) is 0 Å². The van der Waals surface area contributed by atoms with Crippen molar-refractivity contribution >= 4 is 32.7 Å². The molecular weight excluding hydrogens is 647 g/mol. The van der Waals surface area contributed by atoms with Crippen molar-refractivity contribution in [2.45, 2.75) is 0 Å². The van der Waals surface area contributed by atoms with Crippen LogP contribution in [0.25, 0.3) is 100 Å². The Morgan fingerprint density at radius 1 is 0.264 bits per heavy atom. The number of rotatable bonds is 6. The van der Waals surface area contributed by atoms with E-state index < -0.39 is 0 Å². The second kappa shape index (κ2) is 12.9. The van der Waals surface area contributed by atoms with Crippen LogP contribution in [-0.2, 0) is 0 Å². The lowest BCUT2D eigenvalue weighted by molar-refractivity contribution is 0.674. The lowest BCUT2D eigenvalue weighted by atomic mass is 9.97. The third kappa shape index (κ3) is 5.54. The molecule has 10 aromatic rings. The molecule has 10 rings (SSSR count). The van der Waals surface area contributed by atoms with E-state index in [1.807, 2.05) is 42.5 Å². The van der Waals surface area contributed by atoms with Gasteiger partial charge in [-0.25, -0.2) is 15.0 Å². The number of benzene rings is 8. The monoisotopic (exact) mass is 677 g/mol. The molecule has 0 amide bonds. The molecule has 4 nitrogen and oxygen atoms in total. The first kappa shape index (κ1) is 30.6. The Balaban J connectivity index is 1.17. The SMILES string of the molecule is c1ccc(-c2ccc(-c3cccc4c3oc3c5ccccc5c(-c5nc(-c6ccccc6)nc(-c6cccc(-c7ccccc7)c6)n5)cc43)cc2)cc1. The molecular formula is C49H31N3O. The summed E-state index contributed by atoms with van der Waals surface area (Å²) in [6.45, 7) is 0. The summed E-state index contributed by atoms with van der Waals surface area (Å²) in [6, 6.07) is 65.1. The van der Waals surface area contributed by atoms with Crippen molar-refractivity contribution in [3.05, 3.63) is 188 Å². The van der Waals surface area contributed by atoms with Gasteiger partial charge in [-0.05, 0) is 45.3 Å². The summed E-state index contributed by atoms with van der Waals surface area (Å²) >= 11 is 0. The Bertz CT molecular complexity index is 2920. The number of fused-ring (bicyclic) bond motifs is 5. The summed E-state index contributed by atoms with van der Waals surface area (Å²) in [6.07, 6.45) is 0. The first-order chi connectivity index (χ1) is 26.3. The van der Waals surface area contributed by atoms with Gasteiger partial charge in [0.1, 0.15) is 11.2 Å². The predicted molar refractivity (Wildman–Crippen MR) is 217 cm³/mol. The van der Waals surface area contributed by atoms with Gasteiger partial charge in [0.25, 0.3) is 0 Å². The minimum atomic E-state index is 0.610. The first-order valence-corrected chi connectivity index (χ1v) is 17.8. The van der Waals surface area contributed by atoms with Gasteiger partial charge in [-0.3, -0.25) is 0 Å². The largest absolute Gasteiger partial charge is 0.455 e. The zero-order valence-corrected chi connectivity index (χ0v) is 28.6. The van der Waals surface area contributed by atoms with Gasteiger partial charge in [0, 0.05) is 38.4 Å². The molecule has 0 atom stereocenters. The lowest BCUT2D eigenvalue weighted by Gasteiger charge is -2.11. The maximum Gasteiger partial charge on any atom is 0.164 e. The van der Waals surface area contributed by atoms with Crippen LogP contribution in [0.4, 0.5) is 0 Å². The van der Waals surface area contributed by atoms with Gasteiger partial charge in [0.05, 0.1) is 0 Å². The molecule has 0 saturated heterocycles. The lowest BCUT2D eigenvalue weighted by Crippen LogP contribution is -2.00. The third-order valence-corrected chi connectivity index (χ3v) is 9.94. The molecule has 0 spiro atoms. The van der Waals surface area contributed by atoms with Crippen molar-refractivity contribution in [3.8, 4) is 67.5 Å². The zero-order chi connectivity index (χ0) is 35.1. The molecule has 2 aromatic heterocycles. The fourth-order valence-electron chi connectivity index (χ4n) is 7.32. The average Bonchev–Trinajstić information content (AvgIpc) is 3.63. The van der Waals surface area contributed by atoms with Crippen LogP contribution in [0.3, 0.4) is 0 Å². The molecule has 248 valence electrons. The molecule has 53 heavy (non-hydrogen) atoms. The molecule has 0 radical (unpaired) electrons. The highest BCUT2D eigenvalue weighted by molar-refractivity contribution is 6.20. The van der Waals surface area contributed by atoms with E-state index in [1.165, 1.54) is 11.1 Å². The van der Waals surface area contributed by atoms with Crippen molar-refractivity contribution in [1.29, 1.82) is 0 Å². The van der Waals surface area contributed by atoms with Crippen molar-refractivity contribution in [1.82, 2.24) is 15.0 Å². The summed E-state index contributed by atoms with van der Waals surface area (Å²) < 4.78 is 6.85. The molecule has 0 fully saturated rings. The molecule has 0 saturated carbocycles. The number of para-hydroxylation sites is 1. The highest BCUT2D eigenvalue weighted by Gasteiger charge is 2.20. The summed E-state index contributed by atoms with van der Waals surface area (Å²) in [4.78, 5) is 15.4. The van der Waals surface area contributed by atoms with Crippen molar-refractivity contribution in [3.63, 3.8) is 0 Å². The molecule has 8 aromatic carbocycles. The van der Waals surface area contributed by atoms with Crippen molar-refractivity contribution in [2.75, 3.05) is 0 Å². The standard InChI is InChI=1S/C49H31N3O/c1-4-14-32(15-5-1)34-26-28-35(29-27-34)39-24-13-25-42-43-31-44(40-22-10-11-23-41(40)46(43)53-45(39)42)49-51-47(36-18-8-3-9-19-36)50-48(52-49)38-21-12-20-37(30-38)33-16-6-2-7-17-33/h1-31H. The first-order valence-electron chi connectivity index (χ1n) is 17.8. The Morgan fingerprint density at radius 3 is 1.45 bits per heavy atom. The summed E-state index contributed by atoms with van der Waals surface area (Å²) in [5.74, 6) is 1.85. The number of hydrogen-bond acceptors (Lipinski definition) is 4. The third-order valence-electron chi connectivity index (χ3n) is 9.94. The van der Waals surface area contributed by atoms with E-state index in [0.29, 0.717) is 17.5 Å². The molecule has 0 aliphatic carbocycles. The second-order valence-corrected chi connectivity index (χ2v) is 13.2. The van der Waals surface area contributed by atoms with Crippen LogP contribution in [0.1, 0.15) is 0 Å². The fraction of sp³-hybridized carbons (Fsp3) is 0. The molecule has 0 bridgehead atoms. The van der Waals surface area contributed by atoms with Crippen LogP contribution in [0.15, 0.2) is 192 Å². The van der Waals surface area contributed by atoms with Gasteiger partial charge in [0.2, 0.25) is 0 Å². The highest BCUT2D eigenvalue weighted by atomic mass is 16.3. The number of hydrogen-bond donors (Lipinski definition) is 0. The van der Waals surface area contributed by atoms with Gasteiger partial charge >= 0.3 is 0 Å². The van der Waals surface area contributed by atoms with Gasteiger partial charge in [-0.1, -0.05) is 176 Å². The predicted octanol–water partition coefficient (Wildman–Crippen LogP) is 12.9. The van der Waals surface area contributed by atoms with Crippen LogP contribution in [0.5, 0.6) is 0 Å². The van der Waals surface area contributed by atoms with Crippen molar-refractivity contribution < 1.29 is 4.42 Å². The van der Waals surface area contributed by atoms with Crippen LogP contribution >= 0.6 is 0 Å². The van der Waals surface area contributed by atoms with E-state index in [2.05, 4.69) is 146 Å². The molecule has 2 heterocycles. The minimum absolute atomic E-state index is 0.610. The fourth-order valence-corrected chi connectivity index (χ4v) is 7.32. The maximum absolute atomic E-state index is 6.85. The quantitative estimate of drug-likeness (QED) is 0.176. The summed E-state index contributed by atoms with van der Waals surface area (Å²) in [5, 5.41) is 4.09. The van der Waals surface area contributed by atoms with E-state index in [1.54, 1.807) is 0 Å². The van der Waals surface area contributed by atoms with E-state index >= 15 is 0 Å². The topological polar surface area (TPSA) is 51.8 Å². The minimum Gasteiger partial charge on any atom is -0.455 e. The molecule has 0 aliphatic heterocycles. The summed E-state index contributed by atoms with van der Waals surface area (Å²) in [5.41, 5.74) is 11.3. The van der Waals surface area contributed by atoms with Crippen LogP contribution in [-0.4, -0.2) is 15.0 Å². The Morgan fingerprint density at radius 2 is 0.736 bits per heavy atom. The number of nitrogens with zero attached hydrogens (tertiary/aromatic N) is 3. The average molecular weight is 678 g/mol. The summed E-state index contributed by atoms with van der Waals surface area (Å²) in [7, 11) is 0. The number of furan rings is 1. The van der Waals surface area contributed by atoms with Gasteiger partial charge in [-0.2, -0.15) is 0 Å². The van der Waals surface area contributed by atoms with E-state index in [0.717, 1.165) is 71.7 Å². The van der Waals surface area contributed by atoms with Crippen LogP contribution in [0, 0.1) is 0 Å². The van der Waals surface area contributed by atoms with Gasteiger partial charge in [0.15, 0.2) is 17.5 Å². The Kier molecular flexibility index (Phi) is 7.43. The highest BCUT2D eigenvalue weighted by Crippen LogP contribution is 2.42. The molecule has 0 N–H and O–H groups in total. The van der Waals surface area contributed by atoms with Crippen LogP contribution in [0.2, 0.25) is 0 Å². The number of aromatic nitrogens is 3. The smallest absolute Gasteiger partial charge is 0.164 e. The Hall–Kier alpha value is -7.17. The zero-order valence-electron chi connectivity index (χ0n) is 28.6. The van der Waals surface area contributed by atoms with E-state index in [-0.39, 0.29) is 0 Å². The van der Waals surface area contributed by atoms with Gasteiger partial charge < -0.3 is 4.42 Å². The van der Waals surface area contributed by atoms with Gasteiger partial charge in [-0.15, -0.1) is 0 Å². The van der Waals surface area contributed by atoms with E-state index in [4.69, 9.17) is 19.4 Å². The Labute approximate surface area is 306 Å². The van der Waals surface area contributed by atoms with Crippen LogP contribution < -0.4 is 0 Å².